The number of nitrogens with zero attached hydrogens (tertiary/aromatic N) is 1. The fourth-order valence-electron chi connectivity index (χ4n) is 1.77. The summed E-state index contributed by atoms with van der Waals surface area (Å²) in [6.45, 7) is 0.528. The van der Waals surface area contributed by atoms with Crippen molar-refractivity contribution in [1.29, 1.82) is 0 Å². The SMILES string of the molecule is O=C1CCCCN1C(=O)c1ccc(Cl)cc1. The average molecular weight is 238 g/mol. The number of imide groups is 1. The first-order valence-corrected chi connectivity index (χ1v) is 5.66. The number of likely N-dealkylation sites (tertiary alicyclic amines) is 1. The van der Waals surface area contributed by atoms with Crippen LogP contribution in [0, 0.1) is 0 Å². The summed E-state index contributed by atoms with van der Waals surface area (Å²) >= 11 is 5.74. The van der Waals surface area contributed by atoms with Crippen LogP contribution in [0.5, 0.6) is 0 Å². The van der Waals surface area contributed by atoms with E-state index in [0.29, 0.717) is 23.6 Å². The number of hydrogen-bond donors (Lipinski definition) is 0. The zero-order valence-corrected chi connectivity index (χ0v) is 9.54. The highest BCUT2D eigenvalue weighted by Crippen LogP contribution is 2.16. The second-order valence-corrected chi connectivity index (χ2v) is 4.25. The third-order valence-electron chi connectivity index (χ3n) is 2.66. The van der Waals surface area contributed by atoms with Crippen LogP contribution in [-0.4, -0.2) is 23.3 Å². The Labute approximate surface area is 99.0 Å². The standard InChI is InChI=1S/C12H12ClNO2/c13-10-6-4-9(5-7-10)12(16)14-8-2-1-3-11(14)15/h4-7H,1-3,8H2. The van der Waals surface area contributed by atoms with E-state index in [-0.39, 0.29) is 11.8 Å². The van der Waals surface area contributed by atoms with Crippen molar-refractivity contribution in [2.24, 2.45) is 0 Å². The number of amides is 2. The molecular formula is C12H12ClNO2. The van der Waals surface area contributed by atoms with Gasteiger partial charge in [0, 0.05) is 23.6 Å². The summed E-state index contributed by atoms with van der Waals surface area (Å²) in [4.78, 5) is 24.9. The topological polar surface area (TPSA) is 37.4 Å². The third kappa shape index (κ3) is 2.25. The Balaban J connectivity index is 2.17. The Hall–Kier alpha value is -1.35. The molecule has 1 aromatic carbocycles. The van der Waals surface area contributed by atoms with Crippen LogP contribution in [0.25, 0.3) is 0 Å². The number of halogens is 1. The maximum atomic E-state index is 12.0. The van der Waals surface area contributed by atoms with E-state index in [1.807, 2.05) is 0 Å². The highest BCUT2D eigenvalue weighted by Gasteiger charge is 2.24. The van der Waals surface area contributed by atoms with Crippen molar-refractivity contribution in [3.05, 3.63) is 34.9 Å². The molecule has 2 amide bonds. The van der Waals surface area contributed by atoms with Crippen LogP contribution in [0.15, 0.2) is 24.3 Å². The summed E-state index contributed by atoms with van der Waals surface area (Å²) in [5.41, 5.74) is 0.514. The Morgan fingerprint density at radius 3 is 2.50 bits per heavy atom. The Morgan fingerprint density at radius 1 is 1.19 bits per heavy atom. The molecule has 0 saturated carbocycles. The van der Waals surface area contributed by atoms with Crippen molar-refractivity contribution in [2.45, 2.75) is 19.3 Å². The van der Waals surface area contributed by atoms with E-state index >= 15 is 0 Å². The molecule has 0 N–H and O–H groups in total. The van der Waals surface area contributed by atoms with E-state index in [9.17, 15) is 9.59 Å². The van der Waals surface area contributed by atoms with Crippen LogP contribution in [0.4, 0.5) is 0 Å². The lowest BCUT2D eigenvalue weighted by molar-refractivity contribution is -0.130. The van der Waals surface area contributed by atoms with Crippen molar-refractivity contribution in [3.8, 4) is 0 Å². The molecule has 1 aliphatic heterocycles. The Morgan fingerprint density at radius 2 is 1.88 bits per heavy atom. The normalized spacial score (nSPS) is 16.3. The molecule has 1 fully saturated rings. The van der Waals surface area contributed by atoms with Crippen molar-refractivity contribution < 1.29 is 9.59 Å². The minimum absolute atomic E-state index is 0.0776. The van der Waals surface area contributed by atoms with Crippen molar-refractivity contribution in [1.82, 2.24) is 4.90 Å². The summed E-state index contributed by atoms with van der Waals surface area (Å²) in [5.74, 6) is -0.299. The summed E-state index contributed by atoms with van der Waals surface area (Å²) in [6.07, 6.45) is 2.24. The van der Waals surface area contributed by atoms with Crippen molar-refractivity contribution >= 4 is 23.4 Å². The van der Waals surface area contributed by atoms with Gasteiger partial charge in [-0.3, -0.25) is 14.5 Å². The van der Waals surface area contributed by atoms with Gasteiger partial charge in [0.15, 0.2) is 0 Å². The molecule has 0 unspecified atom stereocenters. The number of piperidine rings is 1. The first-order chi connectivity index (χ1) is 7.68. The lowest BCUT2D eigenvalue weighted by atomic mass is 10.1. The van der Waals surface area contributed by atoms with E-state index in [1.165, 1.54) is 4.90 Å². The maximum absolute atomic E-state index is 12.0. The second kappa shape index (κ2) is 4.66. The van der Waals surface area contributed by atoms with Gasteiger partial charge in [0.05, 0.1) is 0 Å². The van der Waals surface area contributed by atoms with Crippen LogP contribution in [0.1, 0.15) is 29.6 Å². The van der Waals surface area contributed by atoms with Gasteiger partial charge < -0.3 is 0 Å². The molecule has 0 radical (unpaired) electrons. The molecule has 4 heteroatoms. The fourth-order valence-corrected chi connectivity index (χ4v) is 1.89. The number of benzene rings is 1. The first kappa shape index (κ1) is 11.1. The summed E-state index contributed by atoms with van der Waals surface area (Å²) in [7, 11) is 0. The molecule has 1 aromatic rings. The number of carbonyl (C=O) groups excluding carboxylic acids is 2. The van der Waals surface area contributed by atoms with Crippen molar-refractivity contribution in [2.75, 3.05) is 6.54 Å². The molecule has 84 valence electrons. The Bertz CT molecular complexity index is 414. The quantitative estimate of drug-likeness (QED) is 0.704. The van der Waals surface area contributed by atoms with Gasteiger partial charge in [-0.1, -0.05) is 11.6 Å². The molecule has 1 aliphatic rings. The molecule has 2 rings (SSSR count). The van der Waals surface area contributed by atoms with Crippen LogP contribution in [-0.2, 0) is 4.79 Å². The van der Waals surface area contributed by atoms with E-state index in [2.05, 4.69) is 0 Å². The molecule has 0 aromatic heterocycles. The molecule has 1 heterocycles. The summed E-state index contributed by atoms with van der Waals surface area (Å²) < 4.78 is 0. The van der Waals surface area contributed by atoms with E-state index < -0.39 is 0 Å². The average Bonchev–Trinajstić information content (AvgIpc) is 2.30. The molecule has 16 heavy (non-hydrogen) atoms. The molecule has 3 nitrogen and oxygen atoms in total. The van der Waals surface area contributed by atoms with Crippen LogP contribution >= 0.6 is 11.6 Å². The molecule has 0 spiro atoms. The minimum atomic E-state index is -0.221. The zero-order valence-electron chi connectivity index (χ0n) is 8.78. The molecule has 0 atom stereocenters. The lowest BCUT2D eigenvalue weighted by Gasteiger charge is -2.24. The molecule has 0 aliphatic carbocycles. The van der Waals surface area contributed by atoms with Gasteiger partial charge in [-0.15, -0.1) is 0 Å². The van der Waals surface area contributed by atoms with Gasteiger partial charge in [0.2, 0.25) is 5.91 Å². The van der Waals surface area contributed by atoms with E-state index in [0.717, 1.165) is 12.8 Å². The predicted molar refractivity (Wildman–Crippen MR) is 61.3 cm³/mol. The maximum Gasteiger partial charge on any atom is 0.260 e. The molecular weight excluding hydrogens is 226 g/mol. The first-order valence-electron chi connectivity index (χ1n) is 5.29. The van der Waals surface area contributed by atoms with Gasteiger partial charge >= 0.3 is 0 Å². The highest BCUT2D eigenvalue weighted by atomic mass is 35.5. The fraction of sp³-hybridized carbons (Fsp3) is 0.333. The highest BCUT2D eigenvalue weighted by molar-refractivity contribution is 6.30. The monoisotopic (exact) mass is 237 g/mol. The van der Waals surface area contributed by atoms with Crippen LogP contribution in [0.2, 0.25) is 5.02 Å². The number of rotatable bonds is 1. The summed E-state index contributed by atoms with van der Waals surface area (Å²) in [5, 5.41) is 0.585. The minimum Gasteiger partial charge on any atom is -0.279 e. The number of carbonyl (C=O) groups is 2. The largest absolute Gasteiger partial charge is 0.279 e. The summed E-state index contributed by atoms with van der Waals surface area (Å²) in [6, 6.07) is 6.60. The van der Waals surface area contributed by atoms with Gasteiger partial charge in [0.1, 0.15) is 0 Å². The van der Waals surface area contributed by atoms with Crippen molar-refractivity contribution in [3.63, 3.8) is 0 Å². The van der Waals surface area contributed by atoms with Gasteiger partial charge in [0.25, 0.3) is 5.91 Å². The van der Waals surface area contributed by atoms with E-state index in [1.54, 1.807) is 24.3 Å². The predicted octanol–water partition coefficient (Wildman–Crippen LogP) is 2.49. The third-order valence-corrected chi connectivity index (χ3v) is 2.91. The van der Waals surface area contributed by atoms with Gasteiger partial charge in [-0.05, 0) is 37.1 Å². The smallest absolute Gasteiger partial charge is 0.260 e. The van der Waals surface area contributed by atoms with Crippen LogP contribution < -0.4 is 0 Å². The van der Waals surface area contributed by atoms with Crippen LogP contribution in [0.3, 0.4) is 0 Å². The molecule has 0 bridgehead atoms. The second-order valence-electron chi connectivity index (χ2n) is 3.81. The molecule has 1 saturated heterocycles. The van der Waals surface area contributed by atoms with Gasteiger partial charge in [-0.2, -0.15) is 0 Å². The lowest BCUT2D eigenvalue weighted by Crippen LogP contribution is -2.40. The number of hydrogen-bond acceptors (Lipinski definition) is 2. The zero-order chi connectivity index (χ0) is 11.5. The van der Waals surface area contributed by atoms with E-state index in [4.69, 9.17) is 11.6 Å². The Kier molecular flexibility index (Phi) is 3.25. The van der Waals surface area contributed by atoms with Gasteiger partial charge in [-0.25, -0.2) is 0 Å².